The summed E-state index contributed by atoms with van der Waals surface area (Å²) in [6.45, 7) is 2.15. The minimum Gasteiger partial charge on any atom is -0.435 e. The van der Waals surface area contributed by atoms with E-state index in [1.165, 1.54) is 33.4 Å². The van der Waals surface area contributed by atoms with Crippen molar-refractivity contribution in [3.8, 4) is 5.75 Å². The summed E-state index contributed by atoms with van der Waals surface area (Å²) in [4.78, 5) is 16.6. The summed E-state index contributed by atoms with van der Waals surface area (Å²) in [6, 6.07) is 8.66. The van der Waals surface area contributed by atoms with Crippen molar-refractivity contribution in [1.82, 2.24) is 14.5 Å². The first-order valence-corrected chi connectivity index (χ1v) is 12.3. The van der Waals surface area contributed by atoms with Crippen molar-refractivity contribution >= 4 is 27.4 Å². The molecule has 32 heavy (non-hydrogen) atoms. The molecule has 0 radical (unpaired) electrons. The molecule has 0 fully saturated rings. The number of hydrogen-bond acceptors (Lipinski definition) is 5. The van der Waals surface area contributed by atoms with Crippen LogP contribution in [0.1, 0.15) is 22.7 Å². The molecule has 11 heteroatoms. The molecule has 0 spiro atoms. The number of carbonyl (C=O) groups is 1. The number of halogens is 2. The van der Waals surface area contributed by atoms with Gasteiger partial charge in [-0.1, -0.05) is 0 Å². The fourth-order valence-electron chi connectivity index (χ4n) is 3.84. The molecule has 2 amide bonds. The molecule has 2 aliphatic rings. The third-order valence-electron chi connectivity index (χ3n) is 5.50. The van der Waals surface area contributed by atoms with E-state index in [4.69, 9.17) is 0 Å². The summed E-state index contributed by atoms with van der Waals surface area (Å²) < 4.78 is 56.1. The van der Waals surface area contributed by atoms with Crippen LogP contribution in [-0.4, -0.2) is 56.4 Å². The molecular weight excluding hydrogens is 460 g/mol. The van der Waals surface area contributed by atoms with Gasteiger partial charge in [-0.2, -0.15) is 13.1 Å². The number of alkyl halides is 2. The van der Waals surface area contributed by atoms with E-state index in [0.29, 0.717) is 13.1 Å². The monoisotopic (exact) mass is 483 g/mol. The molecule has 1 aromatic carbocycles. The highest BCUT2D eigenvalue weighted by Crippen LogP contribution is 2.31. The number of hydrogen-bond donors (Lipinski definition) is 1. The topological polar surface area (TPSA) is 79.0 Å². The first-order valence-electron chi connectivity index (χ1n) is 10.00. The Kier molecular flexibility index (Phi) is 6.24. The van der Waals surface area contributed by atoms with Gasteiger partial charge in [0.1, 0.15) is 5.75 Å². The Morgan fingerprint density at radius 1 is 1.06 bits per heavy atom. The zero-order valence-electron chi connectivity index (χ0n) is 17.5. The summed E-state index contributed by atoms with van der Waals surface area (Å²) in [6.07, 6.45) is 0. The Hall–Kier alpha value is -2.50. The number of rotatable bonds is 6. The predicted molar refractivity (Wildman–Crippen MR) is 116 cm³/mol. The molecule has 172 valence electrons. The van der Waals surface area contributed by atoms with E-state index in [-0.39, 0.29) is 35.8 Å². The number of aryl methyl sites for hydroxylation is 1. The Morgan fingerprint density at radius 3 is 2.22 bits per heavy atom. The van der Waals surface area contributed by atoms with Crippen LogP contribution < -0.4 is 10.1 Å². The van der Waals surface area contributed by atoms with Gasteiger partial charge in [0.25, 0.3) is 0 Å². The van der Waals surface area contributed by atoms with Crippen molar-refractivity contribution in [2.75, 3.05) is 26.2 Å². The average molecular weight is 484 g/mol. The van der Waals surface area contributed by atoms with Crippen molar-refractivity contribution in [3.05, 3.63) is 57.3 Å². The minimum absolute atomic E-state index is 0.00922. The maximum Gasteiger partial charge on any atom is 0.387 e. The SMILES string of the molecule is Cc1ccc(C(C)NC(=O)N2CC3=C(C2)CN(S(=O)(=O)c2ccc(OC(F)F)cc2)C3)s1. The van der Waals surface area contributed by atoms with Gasteiger partial charge in [0, 0.05) is 35.9 Å². The summed E-state index contributed by atoms with van der Waals surface area (Å²) in [5, 5.41) is 3.00. The summed E-state index contributed by atoms with van der Waals surface area (Å²) >= 11 is 1.64. The average Bonchev–Trinajstić information content (AvgIpc) is 3.42. The molecule has 0 saturated heterocycles. The minimum atomic E-state index is -3.79. The second-order valence-corrected chi connectivity index (χ2v) is 11.1. The molecule has 1 aromatic heterocycles. The lowest BCUT2D eigenvalue weighted by Crippen LogP contribution is -2.42. The van der Waals surface area contributed by atoms with Crippen LogP contribution in [0.15, 0.2) is 52.4 Å². The van der Waals surface area contributed by atoms with Gasteiger partial charge in [0.05, 0.1) is 10.9 Å². The molecule has 1 N–H and O–H groups in total. The molecular formula is C21H23F2N3O4S2. The number of amides is 2. The maximum absolute atomic E-state index is 12.9. The second kappa shape index (κ2) is 8.80. The van der Waals surface area contributed by atoms with E-state index in [0.717, 1.165) is 16.0 Å². The number of carbonyl (C=O) groups excluding carboxylic acids is 1. The number of sulfonamides is 1. The van der Waals surface area contributed by atoms with Crippen molar-refractivity contribution < 1.29 is 26.7 Å². The number of nitrogens with one attached hydrogen (secondary N) is 1. The Bertz CT molecular complexity index is 1130. The largest absolute Gasteiger partial charge is 0.435 e. The molecule has 1 unspecified atom stereocenters. The van der Waals surface area contributed by atoms with Crippen LogP contribution >= 0.6 is 11.3 Å². The van der Waals surface area contributed by atoms with Crippen LogP contribution in [0.3, 0.4) is 0 Å². The van der Waals surface area contributed by atoms with E-state index < -0.39 is 16.6 Å². The third-order valence-corrected chi connectivity index (χ3v) is 8.49. The standard InChI is InChI=1S/C21H23F2N3O4S2/c1-13-3-8-19(31-13)14(2)24-21(27)25-9-15-11-26(12-16(15)10-25)32(28,29)18-6-4-17(5-7-18)30-20(22)23/h3-8,14,20H,9-12H2,1-2H3,(H,24,27). The van der Waals surface area contributed by atoms with Crippen molar-refractivity contribution in [1.29, 1.82) is 0 Å². The maximum atomic E-state index is 12.9. The normalized spacial score (nSPS) is 17.7. The Balaban J connectivity index is 1.34. The number of urea groups is 1. The van der Waals surface area contributed by atoms with Gasteiger partial charge in [0.15, 0.2) is 0 Å². The smallest absolute Gasteiger partial charge is 0.387 e. The molecule has 0 bridgehead atoms. The van der Waals surface area contributed by atoms with E-state index >= 15 is 0 Å². The van der Waals surface area contributed by atoms with Gasteiger partial charge in [-0.05, 0) is 61.4 Å². The first-order chi connectivity index (χ1) is 15.1. The lowest BCUT2D eigenvalue weighted by atomic mass is 10.2. The van der Waals surface area contributed by atoms with Crippen molar-refractivity contribution in [3.63, 3.8) is 0 Å². The lowest BCUT2D eigenvalue weighted by Gasteiger charge is -2.24. The Morgan fingerprint density at radius 2 is 1.69 bits per heavy atom. The molecule has 7 nitrogen and oxygen atoms in total. The van der Waals surface area contributed by atoms with Gasteiger partial charge in [-0.15, -0.1) is 11.3 Å². The highest BCUT2D eigenvalue weighted by atomic mass is 32.2. The molecule has 2 aromatic rings. The molecule has 1 atom stereocenters. The number of thiophene rings is 1. The molecule has 0 saturated carbocycles. The molecule has 0 aliphatic carbocycles. The van der Waals surface area contributed by atoms with Gasteiger partial charge >= 0.3 is 12.6 Å². The van der Waals surface area contributed by atoms with Crippen LogP contribution in [0.4, 0.5) is 13.6 Å². The highest BCUT2D eigenvalue weighted by Gasteiger charge is 2.37. The van der Waals surface area contributed by atoms with Crippen molar-refractivity contribution in [2.24, 2.45) is 0 Å². The summed E-state index contributed by atoms with van der Waals surface area (Å²) in [5.74, 6) is -0.102. The highest BCUT2D eigenvalue weighted by molar-refractivity contribution is 7.89. The van der Waals surface area contributed by atoms with Gasteiger partial charge in [-0.3, -0.25) is 0 Å². The van der Waals surface area contributed by atoms with Crippen LogP contribution in [0, 0.1) is 6.92 Å². The number of benzene rings is 1. The van der Waals surface area contributed by atoms with Crippen molar-refractivity contribution in [2.45, 2.75) is 31.4 Å². The zero-order chi connectivity index (χ0) is 23.0. The summed E-state index contributed by atoms with van der Waals surface area (Å²) in [5.41, 5.74) is 1.84. The third kappa shape index (κ3) is 4.64. The number of nitrogens with zero attached hydrogens (tertiary/aromatic N) is 2. The van der Waals surface area contributed by atoms with Crippen LogP contribution in [0.2, 0.25) is 0 Å². The molecule has 4 rings (SSSR count). The fourth-order valence-corrected chi connectivity index (χ4v) is 6.14. The summed E-state index contributed by atoms with van der Waals surface area (Å²) in [7, 11) is -3.79. The van der Waals surface area contributed by atoms with E-state index in [2.05, 4.69) is 10.1 Å². The second-order valence-electron chi connectivity index (χ2n) is 7.81. The van der Waals surface area contributed by atoms with Crippen LogP contribution in [-0.2, 0) is 10.0 Å². The van der Waals surface area contributed by atoms with E-state index in [1.807, 2.05) is 26.0 Å². The first kappa shape index (κ1) is 22.7. The fraction of sp³-hybridized carbons (Fsp3) is 0.381. The van der Waals surface area contributed by atoms with Crippen LogP contribution in [0.5, 0.6) is 5.75 Å². The van der Waals surface area contributed by atoms with Crippen LogP contribution in [0.25, 0.3) is 0 Å². The molecule has 3 heterocycles. The van der Waals surface area contributed by atoms with Gasteiger partial charge < -0.3 is 15.0 Å². The Labute approximate surface area is 189 Å². The lowest BCUT2D eigenvalue weighted by molar-refractivity contribution is -0.0498. The van der Waals surface area contributed by atoms with E-state index in [1.54, 1.807) is 16.2 Å². The van der Waals surface area contributed by atoms with Gasteiger partial charge in [-0.25, -0.2) is 13.2 Å². The molecule has 2 aliphatic heterocycles. The predicted octanol–water partition coefficient (Wildman–Crippen LogP) is 3.75. The van der Waals surface area contributed by atoms with Gasteiger partial charge in [0.2, 0.25) is 10.0 Å². The number of ether oxygens (including phenoxy) is 1. The zero-order valence-corrected chi connectivity index (χ0v) is 19.2. The van der Waals surface area contributed by atoms with E-state index in [9.17, 15) is 22.0 Å². The quantitative estimate of drug-likeness (QED) is 0.635.